The highest BCUT2D eigenvalue weighted by Crippen LogP contribution is 2.07. The van der Waals surface area contributed by atoms with E-state index in [0.29, 0.717) is 18.7 Å². The van der Waals surface area contributed by atoms with Gasteiger partial charge in [-0.1, -0.05) is 18.2 Å². The van der Waals surface area contributed by atoms with Crippen molar-refractivity contribution >= 4 is 11.6 Å². The number of carbonyl (C=O) groups excluding carboxylic acids is 1. The number of nitrogens with two attached hydrogens (primary N) is 1. The average Bonchev–Trinajstić information content (AvgIpc) is 2.38. The zero-order chi connectivity index (χ0) is 13.7. The summed E-state index contributed by atoms with van der Waals surface area (Å²) in [6, 6.07) is 11.2. The van der Waals surface area contributed by atoms with Crippen molar-refractivity contribution in [3.63, 3.8) is 0 Å². The molecule has 0 saturated carbocycles. The van der Waals surface area contributed by atoms with Crippen LogP contribution in [0, 0.1) is 6.92 Å². The predicted molar refractivity (Wildman–Crippen MR) is 75.4 cm³/mol. The van der Waals surface area contributed by atoms with Gasteiger partial charge in [0, 0.05) is 11.9 Å². The molecule has 1 amide bonds. The Balaban J connectivity index is 1.90. The Morgan fingerprint density at radius 3 is 2.89 bits per heavy atom. The minimum atomic E-state index is -0.0318. The van der Waals surface area contributed by atoms with Gasteiger partial charge in [-0.3, -0.25) is 9.78 Å². The first-order valence-electron chi connectivity index (χ1n) is 6.17. The highest BCUT2D eigenvalue weighted by molar-refractivity contribution is 5.78. The van der Waals surface area contributed by atoms with Crippen LogP contribution >= 0.6 is 0 Å². The van der Waals surface area contributed by atoms with E-state index < -0.39 is 0 Å². The normalized spacial score (nSPS) is 10.2. The van der Waals surface area contributed by atoms with E-state index in [2.05, 4.69) is 10.3 Å². The molecule has 0 radical (unpaired) electrons. The standard InChI is InChI=1S/C15H17N3O/c1-11-4-3-7-17-14(11)10-18-15(19)9-12-5-2-6-13(16)8-12/h2-8H,9-10,16H2,1H3,(H,18,19). The van der Waals surface area contributed by atoms with E-state index in [4.69, 9.17) is 5.73 Å². The van der Waals surface area contributed by atoms with Gasteiger partial charge in [-0.05, 0) is 36.2 Å². The Labute approximate surface area is 112 Å². The number of hydrogen-bond donors (Lipinski definition) is 2. The first kappa shape index (κ1) is 13.1. The second-order valence-electron chi connectivity index (χ2n) is 4.47. The van der Waals surface area contributed by atoms with Crippen LogP contribution in [-0.2, 0) is 17.8 Å². The van der Waals surface area contributed by atoms with Gasteiger partial charge in [-0.25, -0.2) is 0 Å². The monoisotopic (exact) mass is 255 g/mol. The minimum absolute atomic E-state index is 0.0318. The van der Waals surface area contributed by atoms with Crippen molar-refractivity contribution in [3.8, 4) is 0 Å². The lowest BCUT2D eigenvalue weighted by atomic mass is 10.1. The molecule has 0 spiro atoms. The summed E-state index contributed by atoms with van der Waals surface area (Å²) in [6.45, 7) is 2.43. The zero-order valence-electron chi connectivity index (χ0n) is 10.9. The SMILES string of the molecule is Cc1cccnc1CNC(=O)Cc1cccc(N)c1. The summed E-state index contributed by atoms with van der Waals surface area (Å²) < 4.78 is 0. The van der Waals surface area contributed by atoms with Gasteiger partial charge < -0.3 is 11.1 Å². The molecule has 98 valence electrons. The number of benzene rings is 1. The van der Waals surface area contributed by atoms with E-state index >= 15 is 0 Å². The number of nitrogens with zero attached hydrogens (tertiary/aromatic N) is 1. The minimum Gasteiger partial charge on any atom is -0.399 e. The lowest BCUT2D eigenvalue weighted by molar-refractivity contribution is -0.120. The highest BCUT2D eigenvalue weighted by Gasteiger charge is 2.05. The van der Waals surface area contributed by atoms with E-state index in [9.17, 15) is 4.79 Å². The van der Waals surface area contributed by atoms with Gasteiger partial charge in [-0.15, -0.1) is 0 Å². The van der Waals surface area contributed by atoms with Crippen LogP contribution in [-0.4, -0.2) is 10.9 Å². The van der Waals surface area contributed by atoms with Crippen LogP contribution in [0.3, 0.4) is 0 Å². The van der Waals surface area contributed by atoms with Crippen molar-refractivity contribution in [2.24, 2.45) is 0 Å². The fraction of sp³-hybridized carbons (Fsp3) is 0.200. The maximum atomic E-state index is 11.8. The summed E-state index contributed by atoms with van der Waals surface area (Å²) in [5.74, 6) is -0.0318. The lowest BCUT2D eigenvalue weighted by Gasteiger charge is -2.07. The van der Waals surface area contributed by atoms with Gasteiger partial charge in [0.25, 0.3) is 0 Å². The van der Waals surface area contributed by atoms with Crippen LogP contribution in [0.4, 0.5) is 5.69 Å². The van der Waals surface area contributed by atoms with E-state index in [1.165, 1.54) is 0 Å². The Morgan fingerprint density at radius 1 is 1.32 bits per heavy atom. The summed E-state index contributed by atoms with van der Waals surface area (Å²) in [4.78, 5) is 16.1. The largest absolute Gasteiger partial charge is 0.399 e. The molecular weight excluding hydrogens is 238 g/mol. The van der Waals surface area contributed by atoms with Crippen LogP contribution in [0.5, 0.6) is 0 Å². The van der Waals surface area contributed by atoms with E-state index in [1.807, 2.05) is 37.3 Å². The number of pyridine rings is 1. The molecule has 0 atom stereocenters. The number of aryl methyl sites for hydroxylation is 1. The molecule has 0 bridgehead atoms. The van der Waals surface area contributed by atoms with Gasteiger partial charge in [0.15, 0.2) is 0 Å². The molecule has 4 heteroatoms. The van der Waals surface area contributed by atoms with Crippen LogP contribution in [0.2, 0.25) is 0 Å². The fourth-order valence-corrected chi connectivity index (χ4v) is 1.84. The molecule has 1 heterocycles. The quantitative estimate of drug-likeness (QED) is 0.819. The molecule has 0 saturated heterocycles. The summed E-state index contributed by atoms with van der Waals surface area (Å²) in [5, 5.41) is 2.87. The number of aromatic nitrogens is 1. The molecular formula is C15H17N3O. The highest BCUT2D eigenvalue weighted by atomic mass is 16.1. The second-order valence-corrected chi connectivity index (χ2v) is 4.47. The summed E-state index contributed by atoms with van der Waals surface area (Å²) in [5.41, 5.74) is 9.23. The summed E-state index contributed by atoms with van der Waals surface area (Å²) in [7, 11) is 0. The zero-order valence-corrected chi connectivity index (χ0v) is 10.9. The van der Waals surface area contributed by atoms with Crippen molar-refractivity contribution in [1.29, 1.82) is 0 Å². The molecule has 4 nitrogen and oxygen atoms in total. The molecule has 0 fully saturated rings. The number of amides is 1. The third-order valence-corrected chi connectivity index (χ3v) is 2.89. The topological polar surface area (TPSA) is 68.0 Å². The molecule has 19 heavy (non-hydrogen) atoms. The van der Waals surface area contributed by atoms with Crippen molar-refractivity contribution < 1.29 is 4.79 Å². The number of rotatable bonds is 4. The molecule has 2 rings (SSSR count). The first-order chi connectivity index (χ1) is 9.15. The van der Waals surface area contributed by atoms with Gasteiger partial charge in [0.2, 0.25) is 5.91 Å². The second kappa shape index (κ2) is 6.00. The molecule has 0 aliphatic rings. The van der Waals surface area contributed by atoms with Gasteiger partial charge >= 0.3 is 0 Å². The van der Waals surface area contributed by atoms with Crippen molar-refractivity contribution in [1.82, 2.24) is 10.3 Å². The molecule has 2 aromatic rings. The maximum absolute atomic E-state index is 11.8. The predicted octanol–water partition coefficient (Wildman–Crippen LogP) is 1.83. The number of carbonyl (C=O) groups is 1. The Bertz CT molecular complexity index is 581. The van der Waals surface area contributed by atoms with E-state index in [1.54, 1.807) is 12.3 Å². The number of nitrogen functional groups attached to an aromatic ring is 1. The van der Waals surface area contributed by atoms with Crippen molar-refractivity contribution in [2.45, 2.75) is 19.9 Å². The summed E-state index contributed by atoms with van der Waals surface area (Å²) >= 11 is 0. The molecule has 0 aliphatic carbocycles. The summed E-state index contributed by atoms with van der Waals surface area (Å²) in [6.07, 6.45) is 2.06. The van der Waals surface area contributed by atoms with E-state index in [-0.39, 0.29) is 5.91 Å². The molecule has 3 N–H and O–H groups in total. The van der Waals surface area contributed by atoms with Crippen molar-refractivity contribution in [3.05, 3.63) is 59.4 Å². The third kappa shape index (κ3) is 3.81. The van der Waals surface area contributed by atoms with Gasteiger partial charge in [-0.2, -0.15) is 0 Å². The molecule has 1 aromatic heterocycles. The Hall–Kier alpha value is -2.36. The van der Waals surface area contributed by atoms with Crippen LogP contribution in [0.1, 0.15) is 16.8 Å². The van der Waals surface area contributed by atoms with Crippen LogP contribution < -0.4 is 11.1 Å². The Kier molecular flexibility index (Phi) is 4.13. The number of nitrogens with one attached hydrogen (secondary N) is 1. The van der Waals surface area contributed by atoms with Crippen molar-refractivity contribution in [2.75, 3.05) is 5.73 Å². The number of anilines is 1. The fourth-order valence-electron chi connectivity index (χ4n) is 1.84. The molecule has 0 unspecified atom stereocenters. The van der Waals surface area contributed by atoms with Gasteiger partial charge in [0.1, 0.15) is 0 Å². The first-order valence-corrected chi connectivity index (χ1v) is 6.17. The van der Waals surface area contributed by atoms with E-state index in [0.717, 1.165) is 16.8 Å². The Morgan fingerprint density at radius 2 is 2.16 bits per heavy atom. The molecule has 0 aliphatic heterocycles. The number of hydrogen-bond acceptors (Lipinski definition) is 3. The maximum Gasteiger partial charge on any atom is 0.224 e. The average molecular weight is 255 g/mol. The van der Waals surface area contributed by atoms with Crippen LogP contribution in [0.15, 0.2) is 42.6 Å². The molecule has 1 aromatic carbocycles. The third-order valence-electron chi connectivity index (χ3n) is 2.89. The smallest absolute Gasteiger partial charge is 0.224 e. The van der Waals surface area contributed by atoms with Gasteiger partial charge in [0.05, 0.1) is 18.7 Å². The van der Waals surface area contributed by atoms with Crippen LogP contribution in [0.25, 0.3) is 0 Å². The lowest BCUT2D eigenvalue weighted by Crippen LogP contribution is -2.25.